The molecular weight excluding hydrogens is 259 g/mol. The first-order chi connectivity index (χ1) is 8.88. The van der Waals surface area contributed by atoms with Gasteiger partial charge in [-0.15, -0.1) is 0 Å². The number of carboxylic acids is 2. The summed E-state index contributed by atoms with van der Waals surface area (Å²) >= 11 is 0. The molecule has 0 bridgehead atoms. The summed E-state index contributed by atoms with van der Waals surface area (Å²) in [7, 11) is 0. The van der Waals surface area contributed by atoms with Crippen LogP contribution < -0.4 is 5.32 Å². The Morgan fingerprint density at radius 1 is 1.16 bits per heavy atom. The zero-order valence-electron chi connectivity index (χ0n) is 9.67. The van der Waals surface area contributed by atoms with Crippen LogP contribution in [-0.2, 0) is 9.59 Å². The van der Waals surface area contributed by atoms with Crippen LogP contribution in [0.25, 0.3) is 0 Å². The van der Waals surface area contributed by atoms with Gasteiger partial charge in [-0.2, -0.15) is 0 Å². The third kappa shape index (κ3) is 5.02. The van der Waals surface area contributed by atoms with Gasteiger partial charge in [0.1, 0.15) is 18.9 Å². The number of benzene rings is 1. The molecular formula is C11H11FN2O5. The molecule has 0 aliphatic carbocycles. The number of anilines is 1. The molecule has 3 N–H and O–H groups in total. The lowest BCUT2D eigenvalue weighted by Crippen LogP contribution is -2.41. The Morgan fingerprint density at radius 2 is 1.74 bits per heavy atom. The van der Waals surface area contributed by atoms with E-state index < -0.39 is 36.9 Å². The molecule has 2 amide bonds. The molecule has 19 heavy (non-hydrogen) atoms. The number of aliphatic carboxylic acids is 2. The molecule has 0 unspecified atom stereocenters. The van der Waals surface area contributed by atoms with E-state index in [2.05, 4.69) is 5.32 Å². The summed E-state index contributed by atoms with van der Waals surface area (Å²) in [4.78, 5) is 33.3. The minimum atomic E-state index is -1.35. The predicted octanol–water partition coefficient (Wildman–Crippen LogP) is 0.829. The van der Waals surface area contributed by atoms with E-state index in [1.807, 2.05) is 0 Å². The highest BCUT2D eigenvalue weighted by atomic mass is 19.1. The van der Waals surface area contributed by atoms with Crippen LogP contribution in [0, 0.1) is 5.82 Å². The van der Waals surface area contributed by atoms with Crippen LogP contribution in [-0.4, -0.2) is 46.2 Å². The number of hydrogen-bond donors (Lipinski definition) is 3. The summed E-state index contributed by atoms with van der Waals surface area (Å²) in [6.45, 7) is -1.54. The highest BCUT2D eigenvalue weighted by molar-refractivity contribution is 5.93. The highest BCUT2D eigenvalue weighted by Crippen LogP contribution is 2.10. The van der Waals surface area contributed by atoms with Crippen molar-refractivity contribution in [3.63, 3.8) is 0 Å². The number of nitrogens with one attached hydrogen (secondary N) is 1. The number of urea groups is 1. The van der Waals surface area contributed by atoms with Gasteiger partial charge in [0, 0.05) is 5.69 Å². The molecule has 1 aromatic carbocycles. The number of nitrogens with zero attached hydrogens (tertiary/aromatic N) is 1. The van der Waals surface area contributed by atoms with Gasteiger partial charge in [-0.05, 0) is 18.2 Å². The van der Waals surface area contributed by atoms with E-state index in [-0.39, 0.29) is 5.69 Å². The molecule has 0 saturated heterocycles. The molecule has 1 aromatic rings. The van der Waals surface area contributed by atoms with Gasteiger partial charge in [0.15, 0.2) is 0 Å². The number of hydrogen-bond acceptors (Lipinski definition) is 3. The number of amides is 2. The maximum atomic E-state index is 12.9. The first kappa shape index (κ1) is 14.4. The van der Waals surface area contributed by atoms with Crippen molar-refractivity contribution in [1.82, 2.24) is 4.90 Å². The SMILES string of the molecule is O=C(O)CN(CC(=O)O)C(=O)Nc1cccc(F)c1. The highest BCUT2D eigenvalue weighted by Gasteiger charge is 2.19. The first-order valence-electron chi connectivity index (χ1n) is 5.13. The van der Waals surface area contributed by atoms with Gasteiger partial charge in [0.25, 0.3) is 0 Å². The zero-order valence-corrected chi connectivity index (χ0v) is 9.67. The van der Waals surface area contributed by atoms with Crippen molar-refractivity contribution in [3.8, 4) is 0 Å². The molecule has 8 heteroatoms. The van der Waals surface area contributed by atoms with E-state index in [1.165, 1.54) is 18.2 Å². The van der Waals surface area contributed by atoms with Crippen LogP contribution in [0.1, 0.15) is 0 Å². The van der Waals surface area contributed by atoms with Crippen LogP contribution >= 0.6 is 0 Å². The van der Waals surface area contributed by atoms with Gasteiger partial charge in [-0.3, -0.25) is 9.59 Å². The number of carboxylic acid groups (broad SMARTS) is 2. The predicted molar refractivity (Wildman–Crippen MR) is 62.3 cm³/mol. The molecule has 0 aromatic heterocycles. The summed E-state index contributed by atoms with van der Waals surface area (Å²) in [5.74, 6) is -3.29. The van der Waals surface area contributed by atoms with Gasteiger partial charge in [-0.25, -0.2) is 9.18 Å². The van der Waals surface area contributed by atoms with Gasteiger partial charge in [0.2, 0.25) is 0 Å². The summed E-state index contributed by atoms with van der Waals surface area (Å²) in [5.41, 5.74) is 0.103. The van der Waals surface area contributed by atoms with Crippen molar-refractivity contribution in [2.45, 2.75) is 0 Å². The van der Waals surface area contributed by atoms with E-state index in [0.717, 1.165) is 6.07 Å². The second kappa shape index (κ2) is 6.34. The molecule has 0 atom stereocenters. The fourth-order valence-electron chi connectivity index (χ4n) is 1.29. The average molecular weight is 270 g/mol. The van der Waals surface area contributed by atoms with Crippen LogP contribution in [0.2, 0.25) is 0 Å². The Kier molecular flexibility index (Phi) is 4.81. The Hall–Kier alpha value is -2.64. The maximum absolute atomic E-state index is 12.9. The topological polar surface area (TPSA) is 107 Å². The Morgan fingerprint density at radius 3 is 2.21 bits per heavy atom. The Bertz CT molecular complexity index is 490. The van der Waals surface area contributed by atoms with Crippen molar-refractivity contribution >= 4 is 23.7 Å². The third-order valence-corrected chi connectivity index (χ3v) is 2.02. The van der Waals surface area contributed by atoms with Gasteiger partial charge in [-0.1, -0.05) is 6.07 Å². The second-order valence-corrected chi connectivity index (χ2v) is 3.58. The molecule has 0 fully saturated rings. The van der Waals surface area contributed by atoms with Crippen molar-refractivity contribution in [1.29, 1.82) is 0 Å². The molecule has 0 radical (unpaired) electrons. The summed E-state index contributed by atoms with van der Waals surface area (Å²) in [6.07, 6.45) is 0. The lowest BCUT2D eigenvalue weighted by molar-refractivity contribution is -0.140. The zero-order chi connectivity index (χ0) is 14.4. The van der Waals surface area contributed by atoms with E-state index in [0.29, 0.717) is 4.90 Å². The molecule has 1 rings (SSSR count). The number of halogens is 1. The smallest absolute Gasteiger partial charge is 0.323 e. The molecule has 0 saturated carbocycles. The van der Waals surface area contributed by atoms with Gasteiger partial charge < -0.3 is 20.4 Å². The minimum absolute atomic E-state index is 0.103. The largest absolute Gasteiger partial charge is 0.480 e. The van der Waals surface area contributed by atoms with E-state index in [9.17, 15) is 18.8 Å². The van der Waals surface area contributed by atoms with Gasteiger partial charge >= 0.3 is 18.0 Å². The molecule has 0 heterocycles. The molecule has 102 valence electrons. The standard InChI is InChI=1S/C11H11FN2O5/c12-7-2-1-3-8(4-7)13-11(19)14(5-9(15)16)6-10(17)18/h1-4H,5-6H2,(H,13,19)(H,15,16)(H,17,18). The van der Waals surface area contributed by atoms with E-state index in [4.69, 9.17) is 10.2 Å². The monoisotopic (exact) mass is 270 g/mol. The van der Waals surface area contributed by atoms with Crippen molar-refractivity contribution < 1.29 is 29.0 Å². The summed E-state index contributed by atoms with van der Waals surface area (Å²) in [5, 5.41) is 19.4. The van der Waals surface area contributed by atoms with Crippen molar-refractivity contribution in [2.75, 3.05) is 18.4 Å². The normalized spacial score (nSPS) is 9.74. The second-order valence-electron chi connectivity index (χ2n) is 3.58. The van der Waals surface area contributed by atoms with Crippen molar-refractivity contribution in [3.05, 3.63) is 30.1 Å². The lowest BCUT2D eigenvalue weighted by atomic mass is 10.3. The van der Waals surface area contributed by atoms with Crippen LogP contribution in [0.15, 0.2) is 24.3 Å². The summed E-state index contributed by atoms with van der Waals surface area (Å²) < 4.78 is 12.9. The average Bonchev–Trinajstić information content (AvgIpc) is 2.26. The van der Waals surface area contributed by atoms with Gasteiger partial charge in [0.05, 0.1) is 0 Å². The summed E-state index contributed by atoms with van der Waals surface area (Å²) in [6, 6.07) is 4.00. The quantitative estimate of drug-likeness (QED) is 0.734. The van der Waals surface area contributed by atoms with Crippen LogP contribution in [0.3, 0.4) is 0 Å². The van der Waals surface area contributed by atoms with Crippen LogP contribution in [0.5, 0.6) is 0 Å². The maximum Gasteiger partial charge on any atom is 0.323 e. The molecule has 0 spiro atoms. The molecule has 0 aliphatic heterocycles. The van der Waals surface area contributed by atoms with E-state index in [1.54, 1.807) is 0 Å². The third-order valence-electron chi connectivity index (χ3n) is 2.02. The Balaban J connectivity index is 2.76. The number of carbonyl (C=O) groups is 3. The Labute approximate surface area is 107 Å². The van der Waals surface area contributed by atoms with E-state index >= 15 is 0 Å². The number of carbonyl (C=O) groups excluding carboxylic acids is 1. The molecule has 0 aliphatic rings. The minimum Gasteiger partial charge on any atom is -0.480 e. The molecule has 7 nitrogen and oxygen atoms in total. The van der Waals surface area contributed by atoms with Crippen LogP contribution in [0.4, 0.5) is 14.9 Å². The fourth-order valence-corrected chi connectivity index (χ4v) is 1.29. The van der Waals surface area contributed by atoms with Crippen molar-refractivity contribution in [2.24, 2.45) is 0 Å². The lowest BCUT2D eigenvalue weighted by Gasteiger charge is -2.19. The number of rotatable bonds is 5. The first-order valence-corrected chi connectivity index (χ1v) is 5.13. The fraction of sp³-hybridized carbons (Fsp3) is 0.182.